The standard InChI is InChI=1S/C8H7ClN2.C8H11NO/c1-11-5-10-7-3-2-6(9)4-8(7)11;1-6-4-9-5-8(10-3)7(6)2/h2-5H,1H3;4-5H,1-3H3. The molecule has 0 atom stereocenters. The quantitative estimate of drug-likeness (QED) is 0.684. The minimum absolute atomic E-state index is 0.751. The van der Waals surface area contributed by atoms with Gasteiger partial charge in [0.15, 0.2) is 0 Å². The smallest absolute Gasteiger partial charge is 0.140 e. The lowest BCUT2D eigenvalue weighted by Gasteiger charge is -2.04. The van der Waals surface area contributed by atoms with Gasteiger partial charge >= 0.3 is 0 Å². The van der Waals surface area contributed by atoms with E-state index in [0.29, 0.717) is 0 Å². The third-order valence-corrected chi connectivity index (χ3v) is 3.56. The second-order valence-corrected chi connectivity index (χ2v) is 5.21. The van der Waals surface area contributed by atoms with Crippen LogP contribution in [0.15, 0.2) is 36.9 Å². The molecule has 0 saturated heterocycles. The van der Waals surface area contributed by atoms with Crippen molar-refractivity contribution in [3.05, 3.63) is 53.1 Å². The van der Waals surface area contributed by atoms with Crippen molar-refractivity contribution in [2.45, 2.75) is 13.8 Å². The Kier molecular flexibility index (Phi) is 4.81. The number of hydrogen-bond donors (Lipinski definition) is 0. The third-order valence-electron chi connectivity index (χ3n) is 3.33. The molecule has 0 radical (unpaired) electrons. The molecule has 0 aliphatic carbocycles. The second kappa shape index (κ2) is 6.59. The molecular weight excluding hydrogens is 286 g/mol. The summed E-state index contributed by atoms with van der Waals surface area (Å²) in [5.74, 6) is 0.861. The number of pyridine rings is 1. The van der Waals surface area contributed by atoms with Crippen molar-refractivity contribution < 1.29 is 4.74 Å². The van der Waals surface area contributed by atoms with Crippen molar-refractivity contribution in [2.24, 2.45) is 7.05 Å². The third kappa shape index (κ3) is 3.52. The average Bonchev–Trinajstić information content (AvgIpc) is 2.84. The number of hydrogen-bond acceptors (Lipinski definition) is 3. The van der Waals surface area contributed by atoms with Crippen LogP contribution in [-0.2, 0) is 7.05 Å². The van der Waals surface area contributed by atoms with Crippen LogP contribution in [0.1, 0.15) is 11.1 Å². The summed E-state index contributed by atoms with van der Waals surface area (Å²) < 4.78 is 7.01. The molecule has 0 fully saturated rings. The summed E-state index contributed by atoms with van der Waals surface area (Å²) in [6.45, 7) is 4.04. The summed E-state index contributed by atoms with van der Waals surface area (Å²) in [7, 11) is 3.61. The van der Waals surface area contributed by atoms with Crippen molar-refractivity contribution in [2.75, 3.05) is 7.11 Å². The van der Waals surface area contributed by atoms with Gasteiger partial charge in [0.05, 0.1) is 30.7 Å². The highest BCUT2D eigenvalue weighted by Gasteiger charge is 1.99. The highest BCUT2D eigenvalue weighted by Crippen LogP contribution is 2.18. The zero-order valence-corrected chi connectivity index (χ0v) is 13.3. The molecule has 4 nitrogen and oxygen atoms in total. The van der Waals surface area contributed by atoms with Crippen molar-refractivity contribution >= 4 is 22.6 Å². The number of halogens is 1. The number of ether oxygens (including phenoxy) is 1. The van der Waals surface area contributed by atoms with Gasteiger partial charge in [-0.05, 0) is 43.2 Å². The van der Waals surface area contributed by atoms with E-state index in [1.165, 1.54) is 5.56 Å². The molecule has 1 aromatic carbocycles. The molecule has 110 valence electrons. The summed E-state index contributed by atoms with van der Waals surface area (Å²) in [5.41, 5.74) is 4.38. The van der Waals surface area contributed by atoms with Crippen molar-refractivity contribution in [1.82, 2.24) is 14.5 Å². The Bertz CT molecular complexity index is 752. The molecule has 3 rings (SSSR count). The molecule has 0 spiro atoms. The van der Waals surface area contributed by atoms with Gasteiger partial charge in [-0.25, -0.2) is 4.98 Å². The molecule has 3 aromatic rings. The van der Waals surface area contributed by atoms with E-state index in [4.69, 9.17) is 16.3 Å². The Morgan fingerprint density at radius 1 is 1.19 bits per heavy atom. The first-order valence-electron chi connectivity index (χ1n) is 6.54. The van der Waals surface area contributed by atoms with E-state index in [2.05, 4.69) is 9.97 Å². The first kappa shape index (κ1) is 15.3. The van der Waals surface area contributed by atoms with E-state index < -0.39 is 0 Å². The molecule has 21 heavy (non-hydrogen) atoms. The molecule has 2 heterocycles. The molecule has 0 N–H and O–H groups in total. The van der Waals surface area contributed by atoms with Gasteiger partial charge in [0.2, 0.25) is 0 Å². The van der Waals surface area contributed by atoms with Crippen LogP contribution in [0.25, 0.3) is 11.0 Å². The molecule has 0 unspecified atom stereocenters. The van der Waals surface area contributed by atoms with E-state index in [-0.39, 0.29) is 0 Å². The number of fused-ring (bicyclic) bond motifs is 1. The fourth-order valence-electron chi connectivity index (χ4n) is 1.91. The first-order valence-corrected chi connectivity index (χ1v) is 6.92. The van der Waals surface area contributed by atoms with Crippen molar-refractivity contribution in [1.29, 1.82) is 0 Å². The number of rotatable bonds is 1. The predicted molar refractivity (Wildman–Crippen MR) is 86.0 cm³/mol. The monoisotopic (exact) mass is 303 g/mol. The van der Waals surface area contributed by atoms with Gasteiger partial charge in [0.1, 0.15) is 5.75 Å². The number of aryl methyl sites for hydroxylation is 2. The summed E-state index contributed by atoms with van der Waals surface area (Å²) in [4.78, 5) is 8.15. The molecule has 0 aliphatic rings. The molecular formula is C16H18ClN3O. The van der Waals surface area contributed by atoms with Gasteiger partial charge in [-0.3, -0.25) is 4.98 Å². The van der Waals surface area contributed by atoms with Crippen molar-refractivity contribution in [3.8, 4) is 5.75 Å². The lowest BCUT2D eigenvalue weighted by atomic mass is 10.2. The number of methoxy groups -OCH3 is 1. The van der Waals surface area contributed by atoms with Gasteiger partial charge in [-0.2, -0.15) is 0 Å². The van der Waals surface area contributed by atoms with Crippen LogP contribution in [0.2, 0.25) is 5.02 Å². The number of imidazole rings is 1. The van der Waals surface area contributed by atoms with Crippen LogP contribution >= 0.6 is 11.6 Å². The van der Waals surface area contributed by atoms with E-state index >= 15 is 0 Å². The fourth-order valence-corrected chi connectivity index (χ4v) is 2.08. The van der Waals surface area contributed by atoms with Crippen LogP contribution in [0.4, 0.5) is 0 Å². The van der Waals surface area contributed by atoms with Gasteiger partial charge in [-0.15, -0.1) is 0 Å². The lowest BCUT2D eigenvalue weighted by molar-refractivity contribution is 0.409. The molecule has 0 aliphatic heterocycles. The van der Waals surface area contributed by atoms with Crippen molar-refractivity contribution in [3.63, 3.8) is 0 Å². The summed E-state index contributed by atoms with van der Waals surface area (Å²) in [5, 5.41) is 0.751. The minimum atomic E-state index is 0.751. The summed E-state index contributed by atoms with van der Waals surface area (Å²) >= 11 is 5.81. The van der Waals surface area contributed by atoms with E-state index in [0.717, 1.165) is 27.4 Å². The Morgan fingerprint density at radius 3 is 2.62 bits per heavy atom. The lowest BCUT2D eigenvalue weighted by Crippen LogP contribution is -1.90. The maximum absolute atomic E-state index is 5.81. The Labute approximate surface area is 129 Å². The van der Waals surface area contributed by atoms with Crippen LogP contribution < -0.4 is 4.74 Å². The van der Waals surface area contributed by atoms with Gasteiger partial charge in [0, 0.05) is 18.3 Å². The Morgan fingerprint density at radius 2 is 1.95 bits per heavy atom. The van der Waals surface area contributed by atoms with Gasteiger partial charge < -0.3 is 9.30 Å². The van der Waals surface area contributed by atoms with Gasteiger partial charge in [-0.1, -0.05) is 11.6 Å². The highest BCUT2D eigenvalue weighted by molar-refractivity contribution is 6.31. The molecule has 2 aromatic heterocycles. The number of aromatic nitrogens is 3. The molecule has 0 bridgehead atoms. The average molecular weight is 304 g/mol. The minimum Gasteiger partial charge on any atom is -0.495 e. The van der Waals surface area contributed by atoms with Crippen LogP contribution in [0.5, 0.6) is 5.75 Å². The first-order chi connectivity index (χ1) is 10.0. The summed E-state index contributed by atoms with van der Waals surface area (Å²) in [6, 6.07) is 5.67. The SMILES string of the molecule is COc1cncc(C)c1C.Cn1cnc2ccc(Cl)cc21. The molecule has 5 heteroatoms. The van der Waals surface area contributed by atoms with E-state index in [9.17, 15) is 0 Å². The number of nitrogens with zero attached hydrogens (tertiary/aromatic N) is 3. The Balaban J connectivity index is 0.000000155. The predicted octanol–water partition coefficient (Wildman–Crippen LogP) is 3.93. The largest absolute Gasteiger partial charge is 0.495 e. The Hall–Kier alpha value is -2.07. The van der Waals surface area contributed by atoms with Gasteiger partial charge in [0.25, 0.3) is 0 Å². The van der Waals surface area contributed by atoms with Crippen LogP contribution in [-0.4, -0.2) is 21.6 Å². The molecule has 0 amide bonds. The van der Waals surface area contributed by atoms with E-state index in [1.807, 2.05) is 49.9 Å². The second-order valence-electron chi connectivity index (χ2n) is 4.77. The number of benzene rings is 1. The van der Waals surface area contributed by atoms with Crippen LogP contribution in [0, 0.1) is 13.8 Å². The zero-order chi connectivity index (χ0) is 15.4. The maximum Gasteiger partial charge on any atom is 0.140 e. The topological polar surface area (TPSA) is 39.9 Å². The summed E-state index contributed by atoms with van der Waals surface area (Å²) in [6.07, 6.45) is 5.33. The van der Waals surface area contributed by atoms with E-state index in [1.54, 1.807) is 19.6 Å². The zero-order valence-electron chi connectivity index (χ0n) is 12.6. The van der Waals surface area contributed by atoms with Crippen LogP contribution in [0.3, 0.4) is 0 Å². The normalized spacial score (nSPS) is 10.1. The molecule has 0 saturated carbocycles. The maximum atomic E-state index is 5.81. The highest BCUT2D eigenvalue weighted by atomic mass is 35.5. The fraction of sp³-hybridized carbons (Fsp3) is 0.250.